The van der Waals surface area contributed by atoms with Gasteiger partial charge < -0.3 is 9.84 Å². The van der Waals surface area contributed by atoms with E-state index in [1.807, 2.05) is 0 Å². The zero-order valence-electron chi connectivity index (χ0n) is 8.78. The first kappa shape index (κ1) is 13.8. The highest BCUT2D eigenvalue weighted by molar-refractivity contribution is 7.85. The van der Waals surface area contributed by atoms with Crippen LogP contribution in [0.25, 0.3) is 0 Å². The van der Waals surface area contributed by atoms with E-state index >= 15 is 0 Å². The monoisotopic (exact) mass is 220 g/mol. The molecule has 0 saturated carbocycles. The molecule has 0 heterocycles. The third-order valence-corrected chi connectivity index (χ3v) is 3.15. The minimum atomic E-state index is -0.911. The second-order valence-electron chi connectivity index (χ2n) is 3.14. The van der Waals surface area contributed by atoms with Crippen LogP contribution in [0, 0.1) is 0 Å². The number of aliphatic hydroxyl groups excluding tert-OH is 1. The molecular formula is C10H20O3S. The summed E-state index contributed by atoms with van der Waals surface area (Å²) in [5.41, 5.74) is 0. The number of aliphatic hydroxyl groups is 1. The van der Waals surface area contributed by atoms with Gasteiger partial charge in [0.25, 0.3) is 0 Å². The third-order valence-electron chi connectivity index (χ3n) is 1.65. The molecule has 2 atom stereocenters. The minimum absolute atomic E-state index is 0.240. The van der Waals surface area contributed by atoms with Crippen molar-refractivity contribution in [3.8, 4) is 0 Å². The Morgan fingerprint density at radius 3 is 2.93 bits per heavy atom. The van der Waals surface area contributed by atoms with Crippen molar-refractivity contribution in [2.75, 3.05) is 24.7 Å². The van der Waals surface area contributed by atoms with Crippen LogP contribution in [0.3, 0.4) is 0 Å². The first-order valence-corrected chi connectivity index (χ1v) is 6.41. The second-order valence-corrected chi connectivity index (χ2v) is 4.77. The molecule has 84 valence electrons. The largest absolute Gasteiger partial charge is 0.390 e. The van der Waals surface area contributed by atoms with Crippen molar-refractivity contribution in [1.29, 1.82) is 0 Å². The number of hydrogen-bond acceptors (Lipinski definition) is 3. The summed E-state index contributed by atoms with van der Waals surface area (Å²) in [6.45, 7) is 6.22. The molecule has 0 aliphatic heterocycles. The van der Waals surface area contributed by atoms with Crippen molar-refractivity contribution in [2.45, 2.75) is 25.9 Å². The molecule has 0 aromatic heterocycles. The Morgan fingerprint density at radius 1 is 1.64 bits per heavy atom. The summed E-state index contributed by atoms with van der Waals surface area (Å²) in [6.07, 6.45) is 3.00. The van der Waals surface area contributed by atoms with Gasteiger partial charge in [0, 0.05) is 16.6 Å². The van der Waals surface area contributed by atoms with E-state index in [-0.39, 0.29) is 6.61 Å². The molecule has 0 bridgehead atoms. The molecule has 4 heteroatoms. The van der Waals surface area contributed by atoms with Crippen LogP contribution in [-0.2, 0) is 15.5 Å². The summed E-state index contributed by atoms with van der Waals surface area (Å²) in [4.78, 5) is 0. The van der Waals surface area contributed by atoms with E-state index in [4.69, 9.17) is 4.74 Å². The van der Waals surface area contributed by atoms with Gasteiger partial charge in [-0.15, -0.1) is 6.58 Å². The lowest BCUT2D eigenvalue weighted by molar-refractivity contribution is 0.0620. The van der Waals surface area contributed by atoms with Gasteiger partial charge in [0.05, 0.1) is 25.1 Å². The normalized spacial score (nSPS) is 15.0. The molecule has 0 spiro atoms. The molecule has 14 heavy (non-hydrogen) atoms. The fourth-order valence-corrected chi connectivity index (χ4v) is 2.24. The molecule has 0 radical (unpaired) electrons. The maximum atomic E-state index is 11.3. The Balaban J connectivity index is 3.44. The predicted octanol–water partition coefficient (Wildman–Crippen LogP) is 1.10. The molecule has 0 unspecified atom stereocenters. The van der Waals surface area contributed by atoms with Crippen LogP contribution >= 0.6 is 0 Å². The molecule has 3 nitrogen and oxygen atoms in total. The van der Waals surface area contributed by atoms with Gasteiger partial charge in [0.15, 0.2) is 0 Å². The average Bonchev–Trinajstić information content (AvgIpc) is 2.15. The summed E-state index contributed by atoms with van der Waals surface area (Å²) in [7, 11) is -0.911. The molecule has 0 amide bonds. The summed E-state index contributed by atoms with van der Waals surface area (Å²) >= 11 is 0. The molecule has 0 fully saturated rings. The molecule has 1 N–H and O–H groups in total. The maximum Gasteiger partial charge on any atom is 0.0888 e. The van der Waals surface area contributed by atoms with E-state index in [2.05, 4.69) is 13.5 Å². The van der Waals surface area contributed by atoms with Gasteiger partial charge in [0.1, 0.15) is 0 Å². The Hall–Kier alpha value is -0.190. The summed E-state index contributed by atoms with van der Waals surface area (Å²) in [5.74, 6) is 0.992. The van der Waals surface area contributed by atoms with Crippen molar-refractivity contribution in [3.05, 3.63) is 12.7 Å². The quantitative estimate of drug-likeness (QED) is 0.467. The predicted molar refractivity (Wildman–Crippen MR) is 59.8 cm³/mol. The van der Waals surface area contributed by atoms with Crippen LogP contribution in [0.15, 0.2) is 12.7 Å². The van der Waals surface area contributed by atoms with Gasteiger partial charge in [-0.05, 0) is 6.42 Å². The molecule has 0 rings (SSSR count). The van der Waals surface area contributed by atoms with Crippen LogP contribution in [0.1, 0.15) is 19.8 Å². The molecule has 0 aromatic carbocycles. The lowest BCUT2D eigenvalue weighted by Gasteiger charge is -2.09. The van der Waals surface area contributed by atoms with E-state index in [9.17, 15) is 9.32 Å². The molecule has 0 aliphatic carbocycles. The highest BCUT2D eigenvalue weighted by atomic mass is 32.2. The fraction of sp³-hybridized carbons (Fsp3) is 0.800. The van der Waals surface area contributed by atoms with Gasteiger partial charge in [0.2, 0.25) is 0 Å². The lowest BCUT2D eigenvalue weighted by Crippen LogP contribution is -2.23. The zero-order chi connectivity index (χ0) is 10.8. The van der Waals surface area contributed by atoms with Crippen molar-refractivity contribution in [3.63, 3.8) is 0 Å². The summed E-state index contributed by atoms with van der Waals surface area (Å²) in [6, 6.07) is 0. The van der Waals surface area contributed by atoms with Crippen LogP contribution in [0.4, 0.5) is 0 Å². The van der Waals surface area contributed by atoms with Gasteiger partial charge in [-0.25, -0.2) is 0 Å². The van der Waals surface area contributed by atoms with Crippen LogP contribution in [0.2, 0.25) is 0 Å². The van der Waals surface area contributed by atoms with Gasteiger partial charge >= 0.3 is 0 Å². The molecule has 0 aliphatic rings. The first-order chi connectivity index (χ1) is 6.70. The van der Waals surface area contributed by atoms with E-state index in [1.54, 1.807) is 6.08 Å². The number of ether oxygens (including phenoxy) is 1. The highest BCUT2D eigenvalue weighted by Gasteiger charge is 2.08. The SMILES string of the molecule is C=CCOC[C@H](O)C[S@](=O)CCCC. The summed E-state index contributed by atoms with van der Waals surface area (Å²) < 4.78 is 16.4. The fourth-order valence-electron chi connectivity index (χ4n) is 0.939. The first-order valence-electron chi connectivity index (χ1n) is 4.92. The van der Waals surface area contributed by atoms with Crippen molar-refractivity contribution in [2.24, 2.45) is 0 Å². The molecular weight excluding hydrogens is 200 g/mol. The van der Waals surface area contributed by atoms with Crippen LogP contribution < -0.4 is 0 Å². The maximum absolute atomic E-state index is 11.3. The Bertz CT molecular complexity index is 171. The van der Waals surface area contributed by atoms with Gasteiger partial charge in [-0.1, -0.05) is 19.4 Å². The average molecular weight is 220 g/mol. The van der Waals surface area contributed by atoms with Crippen molar-refractivity contribution in [1.82, 2.24) is 0 Å². The number of hydrogen-bond donors (Lipinski definition) is 1. The van der Waals surface area contributed by atoms with E-state index < -0.39 is 16.9 Å². The van der Waals surface area contributed by atoms with Crippen LogP contribution in [0.5, 0.6) is 0 Å². The second kappa shape index (κ2) is 9.37. The van der Waals surface area contributed by atoms with Gasteiger partial charge in [-0.3, -0.25) is 4.21 Å². The number of rotatable bonds is 9. The standard InChI is InChI=1S/C10H20O3S/c1-3-5-7-14(12)9-10(11)8-13-6-4-2/h4,10-11H,2-3,5-9H2,1H3/t10-,14+/m0/s1. The Kier molecular flexibility index (Phi) is 9.24. The van der Waals surface area contributed by atoms with Crippen molar-refractivity contribution < 1.29 is 14.1 Å². The van der Waals surface area contributed by atoms with Crippen LogP contribution in [-0.4, -0.2) is 40.1 Å². The molecule has 0 saturated heterocycles. The third kappa shape index (κ3) is 8.41. The lowest BCUT2D eigenvalue weighted by atomic mass is 10.4. The highest BCUT2D eigenvalue weighted by Crippen LogP contribution is 1.96. The number of unbranched alkanes of at least 4 members (excludes halogenated alkanes) is 1. The van der Waals surface area contributed by atoms with E-state index in [0.717, 1.165) is 12.8 Å². The van der Waals surface area contributed by atoms with E-state index in [1.165, 1.54) is 0 Å². The molecule has 0 aromatic rings. The smallest absolute Gasteiger partial charge is 0.0888 e. The van der Waals surface area contributed by atoms with E-state index in [0.29, 0.717) is 18.1 Å². The van der Waals surface area contributed by atoms with Gasteiger partial charge in [-0.2, -0.15) is 0 Å². The Morgan fingerprint density at radius 2 is 2.36 bits per heavy atom. The van der Waals surface area contributed by atoms with Crippen molar-refractivity contribution >= 4 is 10.8 Å². The zero-order valence-corrected chi connectivity index (χ0v) is 9.59. The Labute approximate surface area is 88.6 Å². The topological polar surface area (TPSA) is 46.5 Å². The summed E-state index contributed by atoms with van der Waals surface area (Å²) in [5, 5.41) is 9.39. The minimum Gasteiger partial charge on any atom is -0.390 e.